The Morgan fingerprint density at radius 2 is 2.05 bits per heavy atom. The molecule has 1 aromatic rings. The molecule has 0 radical (unpaired) electrons. The zero-order chi connectivity index (χ0) is 15.4. The van der Waals surface area contributed by atoms with Gasteiger partial charge in [0.15, 0.2) is 0 Å². The van der Waals surface area contributed by atoms with Gasteiger partial charge in [0.25, 0.3) is 5.91 Å². The van der Waals surface area contributed by atoms with Crippen molar-refractivity contribution in [2.45, 2.75) is 18.9 Å². The van der Waals surface area contributed by atoms with Crippen molar-refractivity contribution in [3.63, 3.8) is 0 Å². The molecular weight excluding hydrogens is 287 g/mol. The summed E-state index contributed by atoms with van der Waals surface area (Å²) in [5, 5.41) is 6.11. The zero-order valence-electron chi connectivity index (χ0n) is 12.5. The lowest BCUT2D eigenvalue weighted by Gasteiger charge is -2.29. The van der Waals surface area contributed by atoms with Crippen LogP contribution in [0.4, 0.5) is 10.1 Å². The predicted molar refractivity (Wildman–Crippen MR) is 80.6 cm³/mol. The molecule has 3 heterocycles. The van der Waals surface area contributed by atoms with Crippen molar-refractivity contribution in [1.29, 1.82) is 0 Å². The van der Waals surface area contributed by atoms with Crippen LogP contribution in [-0.2, 0) is 4.74 Å². The van der Waals surface area contributed by atoms with Crippen molar-refractivity contribution in [2.24, 2.45) is 0 Å². The number of halogens is 1. The fourth-order valence-electron chi connectivity index (χ4n) is 2.80. The molecule has 2 aliphatic heterocycles. The summed E-state index contributed by atoms with van der Waals surface area (Å²) in [4.78, 5) is 17.9. The Balaban J connectivity index is 1.66. The SMILES string of the molecule is O=C(NC1CCOCC1)c1ccc(N2CCNCC2)c(F)n1. The molecule has 120 valence electrons. The zero-order valence-corrected chi connectivity index (χ0v) is 12.5. The first kappa shape index (κ1) is 15.2. The van der Waals surface area contributed by atoms with E-state index in [1.165, 1.54) is 0 Å². The molecule has 0 unspecified atom stereocenters. The number of rotatable bonds is 3. The summed E-state index contributed by atoms with van der Waals surface area (Å²) in [5.41, 5.74) is 0.590. The molecule has 1 aromatic heterocycles. The number of pyridine rings is 1. The van der Waals surface area contributed by atoms with Gasteiger partial charge in [0.1, 0.15) is 5.69 Å². The van der Waals surface area contributed by atoms with E-state index in [9.17, 15) is 9.18 Å². The number of anilines is 1. The van der Waals surface area contributed by atoms with E-state index in [0.29, 0.717) is 18.9 Å². The number of aromatic nitrogens is 1. The summed E-state index contributed by atoms with van der Waals surface area (Å²) in [6.07, 6.45) is 1.57. The minimum atomic E-state index is -0.582. The summed E-state index contributed by atoms with van der Waals surface area (Å²) >= 11 is 0. The van der Waals surface area contributed by atoms with Gasteiger partial charge in [0.05, 0.1) is 5.69 Å². The van der Waals surface area contributed by atoms with Gasteiger partial charge in [-0.3, -0.25) is 4.79 Å². The molecular formula is C15H21FN4O2. The smallest absolute Gasteiger partial charge is 0.270 e. The Kier molecular flexibility index (Phi) is 4.84. The normalized spacial score (nSPS) is 20.0. The van der Waals surface area contributed by atoms with Gasteiger partial charge in [-0.05, 0) is 25.0 Å². The Hall–Kier alpha value is -1.73. The molecule has 7 heteroatoms. The van der Waals surface area contributed by atoms with E-state index in [-0.39, 0.29) is 17.6 Å². The van der Waals surface area contributed by atoms with Gasteiger partial charge < -0.3 is 20.3 Å². The van der Waals surface area contributed by atoms with Gasteiger partial charge in [0.2, 0.25) is 5.95 Å². The highest BCUT2D eigenvalue weighted by molar-refractivity contribution is 5.92. The average molecular weight is 308 g/mol. The summed E-state index contributed by atoms with van der Waals surface area (Å²) in [6.45, 7) is 4.43. The van der Waals surface area contributed by atoms with Crippen LogP contribution in [-0.4, -0.2) is 56.3 Å². The molecule has 6 nitrogen and oxygen atoms in total. The van der Waals surface area contributed by atoms with Crippen LogP contribution in [0.15, 0.2) is 12.1 Å². The molecule has 1 amide bonds. The number of carbonyl (C=O) groups excluding carboxylic acids is 1. The first-order valence-electron chi connectivity index (χ1n) is 7.75. The van der Waals surface area contributed by atoms with Gasteiger partial charge in [-0.15, -0.1) is 0 Å². The van der Waals surface area contributed by atoms with Crippen LogP contribution in [0.25, 0.3) is 0 Å². The highest BCUT2D eigenvalue weighted by Gasteiger charge is 2.20. The van der Waals surface area contributed by atoms with E-state index >= 15 is 0 Å². The van der Waals surface area contributed by atoms with Crippen molar-refractivity contribution in [1.82, 2.24) is 15.6 Å². The minimum Gasteiger partial charge on any atom is -0.381 e. The molecule has 2 saturated heterocycles. The molecule has 22 heavy (non-hydrogen) atoms. The molecule has 2 N–H and O–H groups in total. The van der Waals surface area contributed by atoms with E-state index in [4.69, 9.17) is 4.74 Å². The number of piperazine rings is 1. The summed E-state index contributed by atoms with van der Waals surface area (Å²) in [5.74, 6) is -0.904. The van der Waals surface area contributed by atoms with E-state index in [1.807, 2.05) is 4.90 Å². The molecule has 0 saturated carbocycles. The lowest BCUT2D eigenvalue weighted by Crippen LogP contribution is -2.44. The number of nitrogens with one attached hydrogen (secondary N) is 2. The molecule has 0 spiro atoms. The second-order valence-electron chi connectivity index (χ2n) is 5.60. The molecule has 0 aliphatic carbocycles. The summed E-state index contributed by atoms with van der Waals surface area (Å²) in [6, 6.07) is 3.32. The maximum absolute atomic E-state index is 14.2. The predicted octanol–water partition coefficient (Wildman–Crippen LogP) is 0.539. The number of hydrogen-bond donors (Lipinski definition) is 2. The van der Waals surface area contributed by atoms with Gasteiger partial charge >= 0.3 is 0 Å². The monoisotopic (exact) mass is 308 g/mol. The summed E-state index contributed by atoms with van der Waals surface area (Å²) < 4.78 is 19.5. The Bertz CT molecular complexity index is 528. The number of carbonyl (C=O) groups is 1. The molecule has 0 bridgehead atoms. The second-order valence-corrected chi connectivity index (χ2v) is 5.60. The third kappa shape index (κ3) is 3.53. The number of nitrogens with zero attached hydrogens (tertiary/aromatic N) is 2. The molecule has 3 rings (SSSR count). The molecule has 2 fully saturated rings. The Morgan fingerprint density at radius 1 is 1.32 bits per heavy atom. The largest absolute Gasteiger partial charge is 0.381 e. The van der Waals surface area contributed by atoms with Gasteiger partial charge in [-0.2, -0.15) is 4.39 Å². The Morgan fingerprint density at radius 3 is 2.73 bits per heavy atom. The van der Waals surface area contributed by atoms with E-state index in [0.717, 1.165) is 39.0 Å². The lowest BCUT2D eigenvalue weighted by molar-refractivity contribution is 0.0693. The maximum atomic E-state index is 14.2. The Labute approximate surface area is 129 Å². The fourth-order valence-corrected chi connectivity index (χ4v) is 2.80. The second kappa shape index (κ2) is 7.02. The molecule has 0 aromatic carbocycles. The van der Waals surface area contributed by atoms with Crippen LogP contribution in [0.1, 0.15) is 23.3 Å². The molecule has 0 atom stereocenters. The number of amides is 1. The van der Waals surface area contributed by atoms with Gasteiger partial charge in [-0.1, -0.05) is 0 Å². The van der Waals surface area contributed by atoms with Crippen molar-refractivity contribution >= 4 is 11.6 Å². The summed E-state index contributed by atoms with van der Waals surface area (Å²) in [7, 11) is 0. The number of ether oxygens (including phenoxy) is 1. The van der Waals surface area contributed by atoms with Crippen molar-refractivity contribution in [3.8, 4) is 0 Å². The average Bonchev–Trinajstić information content (AvgIpc) is 2.56. The highest BCUT2D eigenvalue weighted by atomic mass is 19.1. The fraction of sp³-hybridized carbons (Fsp3) is 0.600. The first-order chi connectivity index (χ1) is 10.7. The third-order valence-corrected chi connectivity index (χ3v) is 4.08. The van der Waals surface area contributed by atoms with Crippen LogP contribution in [0.2, 0.25) is 0 Å². The minimum absolute atomic E-state index is 0.0824. The van der Waals surface area contributed by atoms with E-state index < -0.39 is 5.95 Å². The van der Waals surface area contributed by atoms with Gasteiger partial charge in [0, 0.05) is 45.4 Å². The first-order valence-corrected chi connectivity index (χ1v) is 7.75. The topological polar surface area (TPSA) is 66.5 Å². The third-order valence-electron chi connectivity index (χ3n) is 4.08. The van der Waals surface area contributed by atoms with Crippen molar-refractivity contribution in [3.05, 3.63) is 23.8 Å². The number of hydrogen-bond acceptors (Lipinski definition) is 5. The quantitative estimate of drug-likeness (QED) is 0.798. The van der Waals surface area contributed by atoms with Crippen LogP contribution in [0, 0.1) is 5.95 Å². The lowest BCUT2D eigenvalue weighted by atomic mass is 10.1. The van der Waals surface area contributed by atoms with E-state index in [1.54, 1.807) is 12.1 Å². The van der Waals surface area contributed by atoms with Crippen LogP contribution in [0.3, 0.4) is 0 Å². The molecule has 2 aliphatic rings. The van der Waals surface area contributed by atoms with Crippen LogP contribution >= 0.6 is 0 Å². The maximum Gasteiger partial charge on any atom is 0.270 e. The van der Waals surface area contributed by atoms with Crippen molar-refractivity contribution in [2.75, 3.05) is 44.3 Å². The van der Waals surface area contributed by atoms with E-state index in [2.05, 4.69) is 15.6 Å². The highest BCUT2D eigenvalue weighted by Crippen LogP contribution is 2.18. The standard InChI is InChI=1S/C15H21FN4O2/c16-14-13(20-7-5-17-6-8-20)2-1-12(19-14)15(21)18-11-3-9-22-10-4-11/h1-2,11,17H,3-10H2,(H,18,21). The van der Waals surface area contributed by atoms with Crippen LogP contribution < -0.4 is 15.5 Å². The van der Waals surface area contributed by atoms with Gasteiger partial charge in [-0.25, -0.2) is 4.98 Å². The van der Waals surface area contributed by atoms with Crippen LogP contribution in [0.5, 0.6) is 0 Å². The van der Waals surface area contributed by atoms with Crippen molar-refractivity contribution < 1.29 is 13.9 Å².